The van der Waals surface area contributed by atoms with Gasteiger partial charge in [-0.3, -0.25) is 4.79 Å². The summed E-state index contributed by atoms with van der Waals surface area (Å²) >= 11 is 0. The molecule has 5 heteroatoms. The van der Waals surface area contributed by atoms with Crippen molar-refractivity contribution in [2.24, 2.45) is 0 Å². The molecule has 0 spiro atoms. The summed E-state index contributed by atoms with van der Waals surface area (Å²) in [4.78, 5) is 10.4. The molecule has 0 saturated heterocycles. The van der Waals surface area contributed by atoms with Crippen LogP contribution in [0, 0.1) is 0 Å². The Morgan fingerprint density at radius 1 is 1.47 bits per heavy atom. The van der Waals surface area contributed by atoms with E-state index in [0.717, 1.165) is 0 Å². The fraction of sp³-hybridized carbons (Fsp3) is 0.600. The maximum atomic E-state index is 10.4. The minimum absolute atomic E-state index is 0.104. The Kier molecular flexibility index (Phi) is 3.04. The molecule has 0 aliphatic heterocycles. The van der Waals surface area contributed by atoms with Gasteiger partial charge in [-0.2, -0.15) is 0 Å². The van der Waals surface area contributed by atoms with Gasteiger partial charge in [-0.1, -0.05) is 20.8 Å². The van der Waals surface area contributed by atoms with E-state index in [2.05, 4.69) is 39.0 Å². The Labute approximate surface area is 90.7 Å². The summed E-state index contributed by atoms with van der Waals surface area (Å²) in [5, 5.41) is 3.80. The van der Waals surface area contributed by atoms with Crippen LogP contribution in [0.2, 0.25) is 18.1 Å². The Hall–Kier alpha value is -1.10. The number of aromatic nitrogens is 1. The Morgan fingerprint density at radius 3 is 2.47 bits per heavy atom. The molecule has 0 radical (unpaired) electrons. The van der Waals surface area contributed by atoms with Gasteiger partial charge in [-0.05, 0) is 23.3 Å². The minimum Gasteiger partial charge on any atom is -0.528 e. The van der Waals surface area contributed by atoms with Crippen molar-refractivity contribution in [3.05, 3.63) is 11.8 Å². The van der Waals surface area contributed by atoms with Gasteiger partial charge in [0.15, 0.2) is 6.29 Å². The van der Waals surface area contributed by atoms with Crippen LogP contribution in [0.3, 0.4) is 0 Å². The van der Waals surface area contributed by atoms with Crippen molar-refractivity contribution in [2.45, 2.75) is 38.9 Å². The van der Waals surface area contributed by atoms with Crippen LogP contribution in [0.25, 0.3) is 0 Å². The molecule has 0 amide bonds. The van der Waals surface area contributed by atoms with Crippen molar-refractivity contribution in [1.82, 2.24) is 5.16 Å². The molecule has 0 aliphatic carbocycles. The van der Waals surface area contributed by atoms with Crippen LogP contribution in [-0.2, 0) is 0 Å². The summed E-state index contributed by atoms with van der Waals surface area (Å²) < 4.78 is 10.6. The first-order valence-electron chi connectivity index (χ1n) is 4.87. The van der Waals surface area contributed by atoms with Crippen molar-refractivity contribution in [3.8, 4) is 5.88 Å². The molecule has 1 aromatic heterocycles. The van der Waals surface area contributed by atoms with Crippen LogP contribution < -0.4 is 4.43 Å². The second-order valence-corrected chi connectivity index (χ2v) is 9.77. The van der Waals surface area contributed by atoms with Crippen LogP contribution in [0.5, 0.6) is 5.88 Å². The highest BCUT2D eigenvalue weighted by molar-refractivity contribution is 6.74. The average Bonchev–Trinajstić information content (AvgIpc) is 2.49. The van der Waals surface area contributed by atoms with Gasteiger partial charge in [0.25, 0.3) is 8.32 Å². The lowest BCUT2D eigenvalue weighted by Gasteiger charge is -2.35. The molecular formula is C10H17NO3Si. The van der Waals surface area contributed by atoms with E-state index in [4.69, 9.17) is 8.95 Å². The van der Waals surface area contributed by atoms with E-state index in [1.54, 1.807) is 0 Å². The van der Waals surface area contributed by atoms with E-state index >= 15 is 0 Å². The van der Waals surface area contributed by atoms with Crippen molar-refractivity contribution < 1.29 is 13.7 Å². The predicted octanol–water partition coefficient (Wildman–Crippen LogP) is 2.87. The number of aldehydes is 1. The summed E-state index contributed by atoms with van der Waals surface area (Å²) in [5.74, 6) is 0.604. The number of carbonyl (C=O) groups excluding carboxylic acids is 1. The number of hydrogen-bond donors (Lipinski definition) is 0. The highest BCUT2D eigenvalue weighted by Gasteiger charge is 2.39. The zero-order valence-corrected chi connectivity index (χ0v) is 10.8. The maximum absolute atomic E-state index is 10.4. The molecule has 0 bridgehead atoms. The molecule has 15 heavy (non-hydrogen) atoms. The van der Waals surface area contributed by atoms with Gasteiger partial charge in [-0.15, -0.1) is 0 Å². The molecule has 1 aromatic rings. The predicted molar refractivity (Wildman–Crippen MR) is 59.7 cm³/mol. The first-order valence-corrected chi connectivity index (χ1v) is 7.78. The molecule has 1 heterocycles. The molecule has 0 fully saturated rings. The van der Waals surface area contributed by atoms with Crippen LogP contribution in [0.1, 0.15) is 31.3 Å². The van der Waals surface area contributed by atoms with E-state index < -0.39 is 8.32 Å². The molecule has 0 saturated carbocycles. The van der Waals surface area contributed by atoms with Crippen LogP contribution in [0.4, 0.5) is 0 Å². The zero-order valence-electron chi connectivity index (χ0n) is 9.83. The topological polar surface area (TPSA) is 52.3 Å². The standard InChI is InChI=1S/C10H17NO3Si/c1-10(2,3)15(4,5)14-9-6-8(7-12)13-11-9/h6-7H,1-5H3. The largest absolute Gasteiger partial charge is 0.528 e. The summed E-state index contributed by atoms with van der Waals surface area (Å²) in [6.45, 7) is 10.6. The Bertz CT molecular complexity index is 352. The van der Waals surface area contributed by atoms with Gasteiger partial charge < -0.3 is 8.95 Å². The average molecular weight is 227 g/mol. The summed E-state index contributed by atoms with van der Waals surface area (Å²) in [6.07, 6.45) is 0.617. The fourth-order valence-corrected chi connectivity index (χ4v) is 1.72. The molecule has 0 unspecified atom stereocenters. The second kappa shape index (κ2) is 3.81. The molecule has 1 rings (SSSR count). The van der Waals surface area contributed by atoms with Crippen LogP contribution >= 0.6 is 0 Å². The van der Waals surface area contributed by atoms with Gasteiger partial charge >= 0.3 is 0 Å². The lowest BCUT2D eigenvalue weighted by molar-refractivity contribution is 0.109. The first-order chi connectivity index (χ1) is 6.76. The number of nitrogens with zero attached hydrogens (tertiary/aromatic N) is 1. The normalized spacial score (nSPS) is 12.6. The smallest absolute Gasteiger partial charge is 0.252 e. The van der Waals surface area contributed by atoms with Crippen molar-refractivity contribution in [1.29, 1.82) is 0 Å². The van der Waals surface area contributed by atoms with E-state index in [-0.39, 0.29) is 10.8 Å². The summed E-state index contributed by atoms with van der Waals surface area (Å²) in [5.41, 5.74) is 0. The highest BCUT2D eigenvalue weighted by atomic mass is 28.4. The van der Waals surface area contributed by atoms with Crippen molar-refractivity contribution in [3.63, 3.8) is 0 Å². The quantitative estimate of drug-likeness (QED) is 0.588. The lowest BCUT2D eigenvalue weighted by Crippen LogP contribution is -2.43. The SMILES string of the molecule is CC(C)(C)[Si](C)(C)Oc1cc(C=O)on1. The maximum Gasteiger partial charge on any atom is 0.252 e. The van der Waals surface area contributed by atoms with E-state index in [1.807, 2.05) is 0 Å². The monoisotopic (exact) mass is 227 g/mol. The van der Waals surface area contributed by atoms with Gasteiger partial charge in [0, 0.05) is 0 Å². The Morgan fingerprint density at radius 2 is 2.07 bits per heavy atom. The van der Waals surface area contributed by atoms with E-state index in [1.165, 1.54) is 6.07 Å². The third kappa shape index (κ3) is 2.68. The molecule has 0 aromatic carbocycles. The van der Waals surface area contributed by atoms with Crippen molar-refractivity contribution >= 4 is 14.6 Å². The van der Waals surface area contributed by atoms with E-state index in [9.17, 15) is 4.79 Å². The highest BCUT2D eigenvalue weighted by Crippen LogP contribution is 2.36. The summed E-state index contributed by atoms with van der Waals surface area (Å²) in [6, 6.07) is 1.52. The van der Waals surface area contributed by atoms with Gasteiger partial charge in [0.05, 0.1) is 6.07 Å². The van der Waals surface area contributed by atoms with Gasteiger partial charge in [0.2, 0.25) is 11.6 Å². The molecule has 0 atom stereocenters. The number of hydrogen-bond acceptors (Lipinski definition) is 4. The minimum atomic E-state index is -1.88. The molecule has 0 N–H and O–H groups in total. The van der Waals surface area contributed by atoms with Gasteiger partial charge in [0.1, 0.15) is 0 Å². The first kappa shape index (κ1) is 12.0. The molecule has 4 nitrogen and oxygen atoms in total. The zero-order chi connectivity index (χ0) is 11.7. The second-order valence-electron chi connectivity index (χ2n) is 5.05. The van der Waals surface area contributed by atoms with Gasteiger partial charge in [-0.25, -0.2) is 0 Å². The van der Waals surface area contributed by atoms with Crippen LogP contribution in [-0.4, -0.2) is 19.8 Å². The summed E-state index contributed by atoms with van der Waals surface area (Å²) in [7, 11) is -1.88. The molecule has 84 valence electrons. The third-order valence-corrected chi connectivity index (χ3v) is 7.12. The van der Waals surface area contributed by atoms with E-state index in [0.29, 0.717) is 12.2 Å². The molecular weight excluding hydrogens is 210 g/mol. The third-order valence-electron chi connectivity index (χ3n) is 2.79. The number of carbonyl (C=O) groups is 1. The number of rotatable bonds is 3. The van der Waals surface area contributed by atoms with Crippen molar-refractivity contribution in [2.75, 3.05) is 0 Å². The lowest BCUT2D eigenvalue weighted by atomic mass is 10.2. The Balaban J connectivity index is 2.81. The molecule has 0 aliphatic rings. The fourth-order valence-electron chi connectivity index (χ4n) is 0.790. The van der Waals surface area contributed by atoms with Crippen LogP contribution in [0.15, 0.2) is 10.6 Å².